The number of hydrogen-bond donors (Lipinski definition) is 0. The molecule has 2 heterocycles. The molecular weight excluding hydrogens is 336 g/mol. The van der Waals surface area contributed by atoms with Gasteiger partial charge >= 0.3 is 0 Å². The number of hydrogen-bond acceptors (Lipinski definition) is 5. The summed E-state index contributed by atoms with van der Waals surface area (Å²) in [7, 11) is 0. The minimum atomic E-state index is 0.336. The number of nitrogens with zero attached hydrogens (tertiary/aromatic N) is 4. The first-order chi connectivity index (χ1) is 12.2. The summed E-state index contributed by atoms with van der Waals surface area (Å²) in [5, 5.41) is 17.7. The van der Waals surface area contributed by atoms with Gasteiger partial charge in [0.05, 0.1) is 17.9 Å². The Bertz CT molecular complexity index is 757. The van der Waals surface area contributed by atoms with Crippen LogP contribution in [0, 0.1) is 11.3 Å². The van der Waals surface area contributed by atoms with Gasteiger partial charge in [0.1, 0.15) is 11.8 Å². The highest BCUT2D eigenvalue weighted by Crippen LogP contribution is 2.32. The molecule has 5 nitrogen and oxygen atoms in total. The van der Waals surface area contributed by atoms with Gasteiger partial charge in [0.25, 0.3) is 0 Å². The molecule has 6 heteroatoms. The Morgan fingerprint density at radius 3 is 2.88 bits per heavy atom. The average molecular weight is 357 g/mol. The standard InChI is InChI=1S/C19H21ClN4O/c1-14-5-3-10-24(14)11-4-12-25-19-15(13-21)6-2-7-16(19)17-8-9-18(20)23-22-17/h2,6-9,14H,3-5,10-12H2,1H3/t14-/m1/s1. The zero-order chi connectivity index (χ0) is 17.6. The average Bonchev–Trinajstić information content (AvgIpc) is 3.04. The second-order valence-electron chi connectivity index (χ2n) is 6.26. The molecule has 1 aliphatic heterocycles. The molecule has 0 spiro atoms. The molecule has 0 saturated carbocycles. The van der Waals surface area contributed by atoms with E-state index in [1.54, 1.807) is 18.2 Å². The molecule has 1 fully saturated rings. The summed E-state index contributed by atoms with van der Waals surface area (Å²) in [6, 6.07) is 11.8. The van der Waals surface area contributed by atoms with E-state index in [0.29, 0.717) is 34.8 Å². The van der Waals surface area contributed by atoms with Crippen molar-refractivity contribution in [2.45, 2.75) is 32.2 Å². The van der Waals surface area contributed by atoms with Gasteiger partial charge in [-0.1, -0.05) is 17.7 Å². The first-order valence-corrected chi connectivity index (χ1v) is 8.96. The predicted octanol–water partition coefficient (Wildman–Crippen LogP) is 3.92. The molecule has 3 rings (SSSR count). The first kappa shape index (κ1) is 17.7. The third kappa shape index (κ3) is 4.28. The van der Waals surface area contributed by atoms with Crippen LogP contribution in [-0.4, -0.2) is 40.8 Å². The Balaban J connectivity index is 1.71. The highest BCUT2D eigenvalue weighted by molar-refractivity contribution is 6.29. The molecule has 2 aromatic rings. The monoisotopic (exact) mass is 356 g/mol. The Labute approximate surface area is 153 Å². The highest BCUT2D eigenvalue weighted by Gasteiger charge is 2.19. The minimum Gasteiger partial charge on any atom is -0.491 e. The third-order valence-corrected chi connectivity index (χ3v) is 4.77. The van der Waals surface area contributed by atoms with E-state index in [2.05, 4.69) is 28.1 Å². The van der Waals surface area contributed by atoms with E-state index in [0.717, 1.165) is 18.5 Å². The minimum absolute atomic E-state index is 0.336. The van der Waals surface area contributed by atoms with Gasteiger partial charge in [-0.2, -0.15) is 5.26 Å². The van der Waals surface area contributed by atoms with Crippen molar-refractivity contribution in [1.29, 1.82) is 5.26 Å². The van der Waals surface area contributed by atoms with Gasteiger partial charge in [-0.25, -0.2) is 0 Å². The van der Waals surface area contributed by atoms with Crippen molar-refractivity contribution in [3.05, 3.63) is 41.0 Å². The van der Waals surface area contributed by atoms with Crippen molar-refractivity contribution in [1.82, 2.24) is 15.1 Å². The van der Waals surface area contributed by atoms with E-state index in [-0.39, 0.29) is 0 Å². The Morgan fingerprint density at radius 1 is 1.32 bits per heavy atom. The lowest BCUT2D eigenvalue weighted by Gasteiger charge is -2.21. The fourth-order valence-corrected chi connectivity index (χ4v) is 3.31. The first-order valence-electron chi connectivity index (χ1n) is 8.58. The molecule has 0 radical (unpaired) electrons. The summed E-state index contributed by atoms with van der Waals surface area (Å²) in [5.41, 5.74) is 1.91. The molecule has 0 aliphatic carbocycles. The number of nitriles is 1. The van der Waals surface area contributed by atoms with Gasteiger partial charge in [0, 0.05) is 18.2 Å². The van der Waals surface area contributed by atoms with Crippen molar-refractivity contribution >= 4 is 11.6 Å². The molecule has 1 aromatic carbocycles. The normalized spacial score (nSPS) is 17.4. The summed E-state index contributed by atoms with van der Waals surface area (Å²) in [6.45, 7) is 5.03. The lowest BCUT2D eigenvalue weighted by molar-refractivity contribution is 0.230. The van der Waals surface area contributed by atoms with Gasteiger partial charge in [-0.05, 0) is 57.0 Å². The summed E-state index contributed by atoms with van der Waals surface area (Å²) in [5.74, 6) is 0.566. The SMILES string of the molecule is C[C@@H]1CCCN1CCCOc1c(C#N)cccc1-c1ccc(Cl)nn1. The number of aromatic nitrogens is 2. The number of benzene rings is 1. The Kier molecular flexibility index (Phi) is 5.85. The van der Waals surface area contributed by atoms with Crippen LogP contribution in [0.15, 0.2) is 30.3 Å². The predicted molar refractivity (Wildman–Crippen MR) is 97.6 cm³/mol. The fourth-order valence-electron chi connectivity index (χ4n) is 3.21. The maximum Gasteiger partial charge on any atom is 0.151 e. The molecule has 25 heavy (non-hydrogen) atoms. The van der Waals surface area contributed by atoms with E-state index < -0.39 is 0 Å². The fraction of sp³-hybridized carbons (Fsp3) is 0.421. The number of ether oxygens (including phenoxy) is 1. The van der Waals surface area contributed by atoms with Crippen molar-refractivity contribution in [2.75, 3.05) is 19.7 Å². The molecule has 1 atom stereocenters. The van der Waals surface area contributed by atoms with Crippen LogP contribution in [0.4, 0.5) is 0 Å². The van der Waals surface area contributed by atoms with Crippen LogP contribution in [0.25, 0.3) is 11.3 Å². The van der Waals surface area contributed by atoms with E-state index in [4.69, 9.17) is 16.3 Å². The third-order valence-electron chi connectivity index (χ3n) is 4.57. The Hall–Kier alpha value is -2.16. The maximum absolute atomic E-state index is 9.40. The van der Waals surface area contributed by atoms with E-state index in [1.807, 2.05) is 12.1 Å². The van der Waals surface area contributed by atoms with Crippen molar-refractivity contribution < 1.29 is 4.74 Å². The zero-order valence-corrected chi connectivity index (χ0v) is 15.0. The van der Waals surface area contributed by atoms with Crippen LogP contribution in [-0.2, 0) is 0 Å². The number of rotatable bonds is 6. The molecular formula is C19H21ClN4O. The van der Waals surface area contributed by atoms with Crippen molar-refractivity contribution in [3.8, 4) is 23.1 Å². The molecule has 130 valence electrons. The van der Waals surface area contributed by atoms with Gasteiger partial charge < -0.3 is 9.64 Å². The molecule has 1 aromatic heterocycles. The second-order valence-corrected chi connectivity index (χ2v) is 6.65. The summed E-state index contributed by atoms with van der Waals surface area (Å²) in [6.07, 6.45) is 3.48. The van der Waals surface area contributed by atoms with Crippen molar-refractivity contribution in [2.24, 2.45) is 0 Å². The van der Waals surface area contributed by atoms with Crippen LogP contribution < -0.4 is 4.74 Å². The number of halogens is 1. The molecule has 0 amide bonds. The number of para-hydroxylation sites is 1. The smallest absolute Gasteiger partial charge is 0.151 e. The summed E-state index contributed by atoms with van der Waals surface area (Å²) in [4.78, 5) is 2.49. The zero-order valence-electron chi connectivity index (χ0n) is 14.3. The molecule has 0 unspecified atom stereocenters. The van der Waals surface area contributed by atoms with Gasteiger partial charge in [0.2, 0.25) is 0 Å². The van der Waals surface area contributed by atoms with E-state index >= 15 is 0 Å². The van der Waals surface area contributed by atoms with Gasteiger partial charge in [-0.15, -0.1) is 10.2 Å². The largest absolute Gasteiger partial charge is 0.491 e. The molecule has 1 saturated heterocycles. The van der Waals surface area contributed by atoms with E-state index in [1.165, 1.54) is 19.4 Å². The lowest BCUT2D eigenvalue weighted by Crippen LogP contribution is -2.28. The van der Waals surface area contributed by atoms with Gasteiger partial charge in [-0.3, -0.25) is 0 Å². The molecule has 0 N–H and O–H groups in total. The molecule has 1 aliphatic rings. The quantitative estimate of drug-likeness (QED) is 0.734. The Morgan fingerprint density at radius 2 is 2.20 bits per heavy atom. The number of likely N-dealkylation sites (tertiary alicyclic amines) is 1. The maximum atomic E-state index is 9.40. The summed E-state index contributed by atoms with van der Waals surface area (Å²) >= 11 is 5.81. The van der Waals surface area contributed by atoms with E-state index in [9.17, 15) is 5.26 Å². The summed E-state index contributed by atoms with van der Waals surface area (Å²) < 4.78 is 5.99. The highest BCUT2D eigenvalue weighted by atomic mass is 35.5. The topological polar surface area (TPSA) is 62.0 Å². The van der Waals surface area contributed by atoms with Crippen molar-refractivity contribution in [3.63, 3.8) is 0 Å². The van der Waals surface area contributed by atoms with Crippen LogP contribution in [0.2, 0.25) is 5.15 Å². The van der Waals surface area contributed by atoms with Crippen LogP contribution in [0.5, 0.6) is 5.75 Å². The second kappa shape index (κ2) is 8.28. The van der Waals surface area contributed by atoms with Crippen LogP contribution >= 0.6 is 11.6 Å². The lowest BCUT2D eigenvalue weighted by atomic mass is 10.1. The van der Waals surface area contributed by atoms with Crippen LogP contribution in [0.1, 0.15) is 31.7 Å². The van der Waals surface area contributed by atoms with Gasteiger partial charge in [0.15, 0.2) is 5.15 Å². The molecule has 0 bridgehead atoms. The van der Waals surface area contributed by atoms with Crippen LogP contribution in [0.3, 0.4) is 0 Å².